The molecular weight excluding hydrogens is 424 g/mol. The lowest BCUT2D eigenvalue weighted by Crippen LogP contribution is -2.58. The number of aliphatic hydroxyl groups excluding tert-OH is 1. The summed E-state index contributed by atoms with van der Waals surface area (Å²) in [6, 6.07) is -3.89. The highest BCUT2D eigenvalue weighted by atomic mass is 32.2. The minimum absolute atomic E-state index is 0.0463. The van der Waals surface area contributed by atoms with Crippen molar-refractivity contribution in [3.63, 3.8) is 0 Å². The van der Waals surface area contributed by atoms with Crippen molar-refractivity contribution in [1.29, 1.82) is 0 Å². The Kier molecular flexibility index (Phi) is 11.3. The molecule has 0 radical (unpaired) electrons. The second kappa shape index (κ2) is 12.9. The second-order valence-electron chi connectivity index (χ2n) is 8.01. The third-order valence-corrected chi connectivity index (χ3v) is 6.31. The van der Waals surface area contributed by atoms with Crippen LogP contribution in [0.1, 0.15) is 46.5 Å². The van der Waals surface area contributed by atoms with Gasteiger partial charge in [0.25, 0.3) is 0 Å². The number of carbonyl (C=O) groups excluding carboxylic acids is 3. The molecule has 6 atom stereocenters. The molecule has 11 heteroatoms. The Morgan fingerprint density at radius 1 is 1.23 bits per heavy atom. The Morgan fingerprint density at radius 3 is 2.39 bits per heavy atom. The SMILES string of the molecule is CCC(C)C(N)C(=O)NC(CCSC)C(=O)N1CCCC1C(=O)NC(C(=O)O)C(C)O. The van der Waals surface area contributed by atoms with Crippen molar-refractivity contribution in [2.75, 3.05) is 18.6 Å². The first-order valence-corrected chi connectivity index (χ1v) is 12.0. The zero-order valence-corrected chi connectivity index (χ0v) is 19.5. The molecule has 1 aliphatic rings. The topological polar surface area (TPSA) is 162 Å². The third-order valence-electron chi connectivity index (χ3n) is 5.67. The van der Waals surface area contributed by atoms with Gasteiger partial charge in [0.05, 0.1) is 12.1 Å². The first kappa shape index (κ1) is 27.2. The summed E-state index contributed by atoms with van der Waals surface area (Å²) in [5, 5.41) is 23.9. The number of thioether (sulfide) groups is 1. The summed E-state index contributed by atoms with van der Waals surface area (Å²) in [5.41, 5.74) is 6.00. The molecule has 0 bridgehead atoms. The van der Waals surface area contributed by atoms with Crippen LogP contribution in [-0.2, 0) is 19.2 Å². The molecule has 1 rings (SSSR count). The van der Waals surface area contributed by atoms with Crippen molar-refractivity contribution >= 4 is 35.5 Å². The maximum absolute atomic E-state index is 13.2. The molecule has 10 nitrogen and oxygen atoms in total. The summed E-state index contributed by atoms with van der Waals surface area (Å²) in [6.45, 7) is 5.39. The van der Waals surface area contributed by atoms with Gasteiger partial charge in [0.15, 0.2) is 6.04 Å². The van der Waals surface area contributed by atoms with E-state index in [4.69, 9.17) is 5.73 Å². The number of aliphatic carboxylic acids is 1. The van der Waals surface area contributed by atoms with Gasteiger partial charge >= 0.3 is 5.97 Å². The first-order valence-electron chi connectivity index (χ1n) is 10.6. The Morgan fingerprint density at radius 2 is 1.87 bits per heavy atom. The molecule has 1 fully saturated rings. The van der Waals surface area contributed by atoms with E-state index in [2.05, 4.69) is 10.6 Å². The van der Waals surface area contributed by atoms with Gasteiger partial charge in [-0.05, 0) is 44.1 Å². The molecule has 0 spiro atoms. The molecule has 6 unspecified atom stereocenters. The summed E-state index contributed by atoms with van der Waals surface area (Å²) in [6.07, 6.45) is 2.66. The molecule has 178 valence electrons. The predicted molar refractivity (Wildman–Crippen MR) is 118 cm³/mol. The van der Waals surface area contributed by atoms with Crippen LogP contribution in [0.3, 0.4) is 0 Å². The normalized spacial score (nSPS) is 21.0. The smallest absolute Gasteiger partial charge is 0.328 e. The lowest BCUT2D eigenvalue weighted by Gasteiger charge is -2.30. The average molecular weight is 461 g/mol. The lowest BCUT2D eigenvalue weighted by molar-refractivity contribution is -0.147. The van der Waals surface area contributed by atoms with Crippen LogP contribution >= 0.6 is 11.8 Å². The van der Waals surface area contributed by atoms with Crippen molar-refractivity contribution in [1.82, 2.24) is 15.5 Å². The molecule has 0 aromatic rings. The van der Waals surface area contributed by atoms with E-state index in [0.29, 0.717) is 31.6 Å². The number of likely N-dealkylation sites (tertiary alicyclic amines) is 1. The molecule has 31 heavy (non-hydrogen) atoms. The lowest BCUT2D eigenvalue weighted by atomic mass is 9.99. The fraction of sp³-hybridized carbons (Fsp3) is 0.800. The summed E-state index contributed by atoms with van der Waals surface area (Å²) in [4.78, 5) is 51.1. The van der Waals surface area contributed by atoms with E-state index in [9.17, 15) is 29.4 Å². The van der Waals surface area contributed by atoms with Crippen molar-refractivity contribution < 1.29 is 29.4 Å². The number of hydrogen-bond acceptors (Lipinski definition) is 7. The summed E-state index contributed by atoms with van der Waals surface area (Å²) in [7, 11) is 0. The fourth-order valence-corrected chi connectivity index (χ4v) is 3.89. The Labute approximate surface area is 187 Å². The van der Waals surface area contributed by atoms with Gasteiger partial charge in [0.2, 0.25) is 17.7 Å². The predicted octanol–water partition coefficient (Wildman–Crippen LogP) is -0.461. The minimum atomic E-state index is -1.47. The quantitative estimate of drug-likeness (QED) is 0.261. The van der Waals surface area contributed by atoms with Crippen LogP contribution < -0.4 is 16.4 Å². The maximum atomic E-state index is 13.2. The number of nitrogens with one attached hydrogen (secondary N) is 2. The zero-order valence-electron chi connectivity index (χ0n) is 18.7. The van der Waals surface area contributed by atoms with Gasteiger partial charge in [0.1, 0.15) is 12.1 Å². The van der Waals surface area contributed by atoms with Gasteiger partial charge in [-0.3, -0.25) is 14.4 Å². The molecule has 1 heterocycles. The highest BCUT2D eigenvalue weighted by Gasteiger charge is 2.39. The Bertz CT molecular complexity index is 647. The van der Waals surface area contributed by atoms with Crippen LogP contribution in [0.5, 0.6) is 0 Å². The number of carboxylic acid groups (broad SMARTS) is 1. The first-order chi connectivity index (χ1) is 14.5. The molecule has 0 aromatic carbocycles. The second-order valence-corrected chi connectivity index (χ2v) is 8.99. The molecule has 0 saturated carbocycles. The van der Waals surface area contributed by atoms with Crippen molar-refractivity contribution in [2.24, 2.45) is 11.7 Å². The van der Waals surface area contributed by atoms with E-state index in [-0.39, 0.29) is 11.8 Å². The van der Waals surface area contributed by atoms with Crippen LogP contribution in [0.15, 0.2) is 0 Å². The van der Waals surface area contributed by atoms with Crippen molar-refractivity contribution in [2.45, 2.75) is 76.7 Å². The molecular formula is C20H36N4O6S. The standard InChI is InChI=1S/C20H36N4O6S/c1-5-11(2)15(21)18(27)22-13(8-10-31-4)19(28)24-9-6-7-14(24)17(26)23-16(12(3)25)20(29)30/h11-16,25H,5-10,21H2,1-4H3,(H,22,27)(H,23,26)(H,29,30). The van der Waals surface area contributed by atoms with E-state index in [1.54, 1.807) is 0 Å². The average Bonchev–Trinajstić information content (AvgIpc) is 3.22. The van der Waals surface area contributed by atoms with Gasteiger partial charge in [0, 0.05) is 6.54 Å². The molecule has 6 N–H and O–H groups in total. The summed E-state index contributed by atoms with van der Waals surface area (Å²) in [5.74, 6) is -2.21. The fourth-order valence-electron chi connectivity index (χ4n) is 3.41. The molecule has 0 aliphatic carbocycles. The van der Waals surface area contributed by atoms with Crippen LogP contribution in [-0.4, -0.2) is 87.6 Å². The number of carboxylic acids is 1. The largest absolute Gasteiger partial charge is 0.480 e. The number of carbonyl (C=O) groups is 4. The number of nitrogens with zero attached hydrogens (tertiary/aromatic N) is 1. The summed E-state index contributed by atoms with van der Waals surface area (Å²) < 4.78 is 0. The molecule has 1 aliphatic heterocycles. The zero-order chi connectivity index (χ0) is 23.7. The highest BCUT2D eigenvalue weighted by Crippen LogP contribution is 2.20. The third kappa shape index (κ3) is 7.65. The molecule has 0 aromatic heterocycles. The van der Waals surface area contributed by atoms with Crippen LogP contribution in [0, 0.1) is 5.92 Å². The number of hydrogen-bond donors (Lipinski definition) is 5. The van der Waals surface area contributed by atoms with Gasteiger partial charge in [-0.2, -0.15) is 11.8 Å². The van der Waals surface area contributed by atoms with Gasteiger partial charge in [-0.1, -0.05) is 20.3 Å². The van der Waals surface area contributed by atoms with Gasteiger partial charge in [-0.25, -0.2) is 4.79 Å². The number of rotatable bonds is 12. The Balaban J connectivity index is 2.95. The number of amides is 3. The van der Waals surface area contributed by atoms with Crippen molar-refractivity contribution in [3.8, 4) is 0 Å². The van der Waals surface area contributed by atoms with Crippen LogP contribution in [0.2, 0.25) is 0 Å². The van der Waals surface area contributed by atoms with Gasteiger partial charge < -0.3 is 31.5 Å². The Hall–Kier alpha value is -1.85. The maximum Gasteiger partial charge on any atom is 0.328 e. The van der Waals surface area contributed by atoms with E-state index >= 15 is 0 Å². The molecule has 1 saturated heterocycles. The number of aliphatic hydroxyl groups is 1. The summed E-state index contributed by atoms with van der Waals surface area (Å²) >= 11 is 1.53. The van der Waals surface area contributed by atoms with E-state index in [1.807, 2.05) is 20.1 Å². The monoisotopic (exact) mass is 460 g/mol. The van der Waals surface area contributed by atoms with Crippen LogP contribution in [0.4, 0.5) is 0 Å². The van der Waals surface area contributed by atoms with Gasteiger partial charge in [-0.15, -0.1) is 0 Å². The highest BCUT2D eigenvalue weighted by molar-refractivity contribution is 7.98. The van der Waals surface area contributed by atoms with E-state index in [1.165, 1.54) is 23.6 Å². The van der Waals surface area contributed by atoms with E-state index < -0.39 is 48.1 Å². The minimum Gasteiger partial charge on any atom is -0.480 e. The number of nitrogens with two attached hydrogens (primary N) is 1. The molecule has 3 amide bonds. The van der Waals surface area contributed by atoms with Crippen LogP contribution in [0.25, 0.3) is 0 Å². The van der Waals surface area contributed by atoms with E-state index in [0.717, 1.165) is 6.42 Å². The van der Waals surface area contributed by atoms with Crippen molar-refractivity contribution in [3.05, 3.63) is 0 Å².